The lowest BCUT2D eigenvalue weighted by molar-refractivity contribution is -0.0327. The second kappa shape index (κ2) is 7.65. The van der Waals surface area contributed by atoms with E-state index in [0.29, 0.717) is 18.3 Å². The molecule has 14 heavy (non-hydrogen) atoms. The number of alkyl halides is 4. The summed E-state index contributed by atoms with van der Waals surface area (Å²) in [5.74, 6) is 1.08. The van der Waals surface area contributed by atoms with Crippen molar-refractivity contribution in [2.24, 2.45) is 5.92 Å². The molecule has 0 spiro atoms. The van der Waals surface area contributed by atoms with Crippen molar-refractivity contribution in [1.82, 2.24) is 5.32 Å². The van der Waals surface area contributed by atoms with Gasteiger partial charge in [0, 0.05) is 18.2 Å². The molecule has 0 amide bonds. The van der Waals surface area contributed by atoms with Gasteiger partial charge in [-0.1, -0.05) is 6.92 Å². The van der Waals surface area contributed by atoms with Crippen molar-refractivity contribution in [3.05, 3.63) is 0 Å². The van der Waals surface area contributed by atoms with Gasteiger partial charge in [-0.2, -0.15) is 13.2 Å². The van der Waals surface area contributed by atoms with E-state index in [1.54, 1.807) is 0 Å². The molecular formula is C8H15ClF3NS. The van der Waals surface area contributed by atoms with E-state index < -0.39 is 5.51 Å². The molecule has 0 aliphatic heterocycles. The summed E-state index contributed by atoms with van der Waals surface area (Å²) >= 11 is 5.53. The smallest absolute Gasteiger partial charge is 0.316 e. The van der Waals surface area contributed by atoms with Gasteiger partial charge in [0.2, 0.25) is 0 Å². The van der Waals surface area contributed by atoms with Crippen molar-refractivity contribution >= 4 is 23.4 Å². The molecule has 0 aromatic rings. The lowest BCUT2D eigenvalue weighted by Crippen LogP contribution is -2.24. The average Bonchev–Trinajstić information content (AvgIpc) is 2.02. The van der Waals surface area contributed by atoms with Gasteiger partial charge in [0.1, 0.15) is 0 Å². The maximum Gasteiger partial charge on any atom is 0.441 e. The highest BCUT2D eigenvalue weighted by molar-refractivity contribution is 8.00. The van der Waals surface area contributed by atoms with Crippen LogP contribution in [0.5, 0.6) is 0 Å². The molecular weight excluding hydrogens is 235 g/mol. The van der Waals surface area contributed by atoms with Gasteiger partial charge in [-0.25, -0.2) is 0 Å². The van der Waals surface area contributed by atoms with E-state index >= 15 is 0 Å². The van der Waals surface area contributed by atoms with Crippen LogP contribution in [-0.2, 0) is 0 Å². The molecule has 1 atom stereocenters. The molecule has 0 bridgehead atoms. The Bertz CT molecular complexity index is 143. The molecule has 0 aliphatic rings. The Hall–Kier alpha value is 0.390. The topological polar surface area (TPSA) is 12.0 Å². The number of hydrogen-bond acceptors (Lipinski definition) is 2. The lowest BCUT2D eigenvalue weighted by atomic mass is 10.1. The second-order valence-corrected chi connectivity index (χ2v) is 4.62. The first-order valence-electron chi connectivity index (χ1n) is 4.43. The van der Waals surface area contributed by atoms with E-state index in [4.69, 9.17) is 11.6 Å². The summed E-state index contributed by atoms with van der Waals surface area (Å²) in [6, 6.07) is 0. The fourth-order valence-corrected chi connectivity index (χ4v) is 1.73. The normalized spacial score (nSPS) is 14.4. The van der Waals surface area contributed by atoms with Crippen molar-refractivity contribution < 1.29 is 13.2 Å². The second-order valence-electron chi connectivity index (χ2n) is 3.08. The van der Waals surface area contributed by atoms with Gasteiger partial charge in [0.05, 0.1) is 0 Å². The Morgan fingerprint density at radius 1 is 1.43 bits per heavy atom. The molecule has 0 saturated heterocycles. The van der Waals surface area contributed by atoms with Crippen LogP contribution in [0.15, 0.2) is 0 Å². The van der Waals surface area contributed by atoms with Crippen molar-refractivity contribution in [2.75, 3.05) is 24.7 Å². The fraction of sp³-hybridized carbons (Fsp3) is 1.00. The standard InChI is InChI=1S/C8H15ClF3NS/c1-7(2-3-9)6-13-4-5-14-8(10,11)12/h7,13H,2-6H2,1H3. The molecule has 1 nitrogen and oxygen atoms in total. The van der Waals surface area contributed by atoms with E-state index in [1.807, 2.05) is 6.92 Å². The molecule has 0 aliphatic carbocycles. The molecule has 0 fully saturated rings. The van der Waals surface area contributed by atoms with Gasteiger partial charge >= 0.3 is 5.51 Å². The predicted molar refractivity (Wildman–Crippen MR) is 55.9 cm³/mol. The highest BCUT2D eigenvalue weighted by atomic mass is 35.5. The van der Waals surface area contributed by atoms with Gasteiger partial charge in [-0.15, -0.1) is 11.6 Å². The zero-order valence-electron chi connectivity index (χ0n) is 8.03. The summed E-state index contributed by atoms with van der Waals surface area (Å²) in [5.41, 5.74) is -4.11. The van der Waals surface area contributed by atoms with Crippen LogP contribution in [0.4, 0.5) is 13.2 Å². The molecule has 86 valence electrons. The van der Waals surface area contributed by atoms with E-state index in [0.717, 1.165) is 13.0 Å². The van der Waals surface area contributed by atoms with Crippen LogP contribution < -0.4 is 5.32 Å². The van der Waals surface area contributed by atoms with Gasteiger partial charge in [0.25, 0.3) is 0 Å². The first-order chi connectivity index (χ1) is 6.45. The molecule has 0 saturated carbocycles. The summed E-state index contributed by atoms with van der Waals surface area (Å²) < 4.78 is 35.0. The van der Waals surface area contributed by atoms with E-state index in [-0.39, 0.29) is 17.5 Å². The summed E-state index contributed by atoms with van der Waals surface area (Å²) in [4.78, 5) is 0. The van der Waals surface area contributed by atoms with Crippen molar-refractivity contribution in [1.29, 1.82) is 0 Å². The van der Waals surface area contributed by atoms with E-state index in [1.165, 1.54) is 0 Å². The molecule has 0 rings (SSSR count). The van der Waals surface area contributed by atoms with Crippen molar-refractivity contribution in [3.8, 4) is 0 Å². The maximum absolute atomic E-state index is 11.7. The third-order valence-electron chi connectivity index (χ3n) is 1.64. The van der Waals surface area contributed by atoms with Crippen molar-refractivity contribution in [3.63, 3.8) is 0 Å². The van der Waals surface area contributed by atoms with Crippen LogP contribution in [0, 0.1) is 5.92 Å². The van der Waals surface area contributed by atoms with Crippen LogP contribution in [0.3, 0.4) is 0 Å². The average molecular weight is 250 g/mol. The van der Waals surface area contributed by atoms with Gasteiger partial charge in [0.15, 0.2) is 0 Å². The molecule has 6 heteroatoms. The monoisotopic (exact) mass is 249 g/mol. The number of halogens is 4. The maximum atomic E-state index is 11.7. The molecule has 0 radical (unpaired) electrons. The Balaban J connectivity index is 3.21. The molecule has 0 aromatic heterocycles. The highest BCUT2D eigenvalue weighted by Gasteiger charge is 2.27. The Morgan fingerprint density at radius 3 is 2.57 bits per heavy atom. The minimum absolute atomic E-state index is 0.0100. The summed E-state index contributed by atoms with van der Waals surface area (Å²) in [5, 5.41) is 2.96. The van der Waals surface area contributed by atoms with Crippen molar-refractivity contribution in [2.45, 2.75) is 18.9 Å². The molecule has 0 aromatic carbocycles. The van der Waals surface area contributed by atoms with Crippen LogP contribution in [0.1, 0.15) is 13.3 Å². The minimum atomic E-state index is -4.11. The Kier molecular flexibility index (Phi) is 7.86. The molecule has 1 N–H and O–H groups in total. The van der Waals surface area contributed by atoms with Crippen LogP contribution in [-0.4, -0.2) is 30.2 Å². The van der Waals surface area contributed by atoms with Gasteiger partial charge in [-0.05, 0) is 30.6 Å². The SMILES string of the molecule is CC(CCCl)CNCCSC(F)(F)F. The summed E-state index contributed by atoms with van der Waals surface area (Å²) in [6.45, 7) is 3.13. The zero-order chi connectivity index (χ0) is 11.0. The Morgan fingerprint density at radius 2 is 2.07 bits per heavy atom. The third-order valence-corrected chi connectivity index (χ3v) is 2.59. The largest absolute Gasteiger partial charge is 0.441 e. The summed E-state index contributed by atoms with van der Waals surface area (Å²) in [6.07, 6.45) is 0.890. The van der Waals surface area contributed by atoms with E-state index in [9.17, 15) is 13.2 Å². The van der Waals surface area contributed by atoms with Crippen LogP contribution >= 0.6 is 23.4 Å². The first-order valence-corrected chi connectivity index (χ1v) is 5.95. The van der Waals surface area contributed by atoms with Gasteiger partial charge in [-0.3, -0.25) is 0 Å². The number of hydrogen-bond donors (Lipinski definition) is 1. The third kappa shape index (κ3) is 10.5. The summed E-state index contributed by atoms with van der Waals surface area (Å²) in [7, 11) is 0. The number of thioether (sulfide) groups is 1. The highest BCUT2D eigenvalue weighted by Crippen LogP contribution is 2.29. The fourth-order valence-electron chi connectivity index (χ4n) is 0.876. The quantitative estimate of drug-likeness (QED) is 0.550. The lowest BCUT2D eigenvalue weighted by Gasteiger charge is -2.11. The predicted octanol–water partition coefficient (Wildman–Crippen LogP) is 3.09. The first kappa shape index (κ1) is 14.4. The number of nitrogens with one attached hydrogen (secondary N) is 1. The number of rotatable bonds is 7. The molecule has 1 unspecified atom stereocenters. The van der Waals surface area contributed by atoms with Crippen LogP contribution in [0.25, 0.3) is 0 Å². The minimum Gasteiger partial charge on any atom is -0.316 e. The van der Waals surface area contributed by atoms with Crippen LogP contribution in [0.2, 0.25) is 0 Å². The zero-order valence-corrected chi connectivity index (χ0v) is 9.61. The van der Waals surface area contributed by atoms with Gasteiger partial charge < -0.3 is 5.32 Å². The van der Waals surface area contributed by atoms with E-state index in [2.05, 4.69) is 5.32 Å². The molecule has 0 heterocycles. The Labute approximate surface area is 91.8 Å².